The molecule has 3 aromatic rings. The molecule has 178 valence electrons. The second-order valence-corrected chi connectivity index (χ2v) is 8.65. The number of hydrogen-bond acceptors (Lipinski definition) is 6. The average Bonchev–Trinajstić information content (AvgIpc) is 2.86. The zero-order chi connectivity index (χ0) is 24.2. The van der Waals surface area contributed by atoms with E-state index >= 15 is 0 Å². The van der Waals surface area contributed by atoms with Gasteiger partial charge in [0.15, 0.2) is 18.1 Å². The van der Waals surface area contributed by atoms with Gasteiger partial charge in [-0.15, -0.1) is 0 Å². The maximum absolute atomic E-state index is 13.2. The van der Waals surface area contributed by atoms with Crippen LogP contribution in [0.3, 0.4) is 0 Å². The van der Waals surface area contributed by atoms with Gasteiger partial charge in [-0.3, -0.25) is 4.79 Å². The molecule has 34 heavy (non-hydrogen) atoms. The smallest absolute Gasteiger partial charge is 0.339 e. The summed E-state index contributed by atoms with van der Waals surface area (Å²) in [4.78, 5) is 32.6. The summed E-state index contributed by atoms with van der Waals surface area (Å²) in [7, 11) is 3.14. The molecular formula is C27H30N2O5. The van der Waals surface area contributed by atoms with Crippen molar-refractivity contribution in [3.8, 4) is 22.8 Å². The van der Waals surface area contributed by atoms with E-state index in [1.807, 2.05) is 55.1 Å². The number of rotatable bonds is 6. The molecule has 0 unspecified atom stereocenters. The minimum absolute atomic E-state index is 0.147. The Labute approximate surface area is 199 Å². The normalized spacial score (nSPS) is 17.9. The van der Waals surface area contributed by atoms with Crippen LogP contribution >= 0.6 is 0 Å². The maximum atomic E-state index is 13.2. The second kappa shape index (κ2) is 10.1. The number of pyridine rings is 1. The zero-order valence-corrected chi connectivity index (χ0v) is 20.0. The van der Waals surface area contributed by atoms with Gasteiger partial charge in [0.25, 0.3) is 5.91 Å². The molecule has 0 saturated carbocycles. The number of carbonyl (C=O) groups excluding carboxylic acids is 2. The van der Waals surface area contributed by atoms with E-state index in [1.54, 1.807) is 26.4 Å². The molecule has 1 saturated heterocycles. The number of carbonyl (C=O) groups is 2. The van der Waals surface area contributed by atoms with E-state index in [0.29, 0.717) is 33.7 Å². The molecular weight excluding hydrogens is 432 g/mol. The Bertz CT molecular complexity index is 1200. The lowest BCUT2D eigenvalue weighted by Gasteiger charge is -2.38. The summed E-state index contributed by atoms with van der Waals surface area (Å²) in [5, 5.41) is 0.670. The topological polar surface area (TPSA) is 78.0 Å². The minimum atomic E-state index is -0.550. The molecule has 0 aliphatic carbocycles. The van der Waals surface area contributed by atoms with Crippen molar-refractivity contribution in [2.75, 3.05) is 20.8 Å². The number of nitrogens with zero attached hydrogens (tertiary/aromatic N) is 2. The number of benzene rings is 2. The van der Waals surface area contributed by atoms with Crippen LogP contribution in [-0.2, 0) is 9.53 Å². The lowest BCUT2D eigenvalue weighted by atomic mass is 9.97. The molecule has 1 fully saturated rings. The first kappa shape index (κ1) is 23.5. The number of aromatic nitrogens is 1. The molecule has 2 atom stereocenters. The predicted octanol–water partition coefficient (Wildman–Crippen LogP) is 4.87. The van der Waals surface area contributed by atoms with Crippen molar-refractivity contribution in [1.82, 2.24) is 9.88 Å². The molecule has 1 aliphatic heterocycles. The number of amides is 1. The molecule has 1 aliphatic rings. The van der Waals surface area contributed by atoms with Gasteiger partial charge in [0.05, 0.1) is 31.0 Å². The fourth-order valence-corrected chi connectivity index (χ4v) is 4.68. The SMILES string of the molecule is COc1ccc(-c2cc(C(=O)OCC(=O)N3[C@H](C)CCC[C@@H]3C)c3ccccc3n2)cc1OC. The first-order valence-corrected chi connectivity index (χ1v) is 11.5. The van der Waals surface area contributed by atoms with Gasteiger partial charge >= 0.3 is 5.97 Å². The summed E-state index contributed by atoms with van der Waals surface area (Å²) >= 11 is 0. The van der Waals surface area contributed by atoms with Crippen LogP contribution in [0.4, 0.5) is 0 Å². The predicted molar refractivity (Wildman–Crippen MR) is 130 cm³/mol. The van der Waals surface area contributed by atoms with Crippen molar-refractivity contribution in [2.24, 2.45) is 0 Å². The first-order chi connectivity index (χ1) is 16.4. The van der Waals surface area contributed by atoms with Crippen LogP contribution in [0, 0.1) is 0 Å². The summed E-state index contributed by atoms with van der Waals surface area (Å²) in [5.41, 5.74) is 2.38. The molecule has 0 N–H and O–H groups in total. The van der Waals surface area contributed by atoms with E-state index in [0.717, 1.165) is 24.8 Å². The standard InChI is InChI=1S/C27H30N2O5/c1-17-8-7-9-18(2)29(17)26(30)16-34-27(31)21-15-23(28-22-11-6-5-10-20(21)22)19-12-13-24(32-3)25(14-19)33-4/h5-6,10-15,17-18H,7-9,16H2,1-4H3/t17-,18+. The third-order valence-corrected chi connectivity index (χ3v) is 6.42. The van der Waals surface area contributed by atoms with Gasteiger partial charge in [-0.25, -0.2) is 9.78 Å². The highest BCUT2D eigenvalue weighted by Crippen LogP contribution is 2.33. The lowest BCUT2D eigenvalue weighted by Crippen LogP contribution is -2.49. The van der Waals surface area contributed by atoms with Gasteiger partial charge in [-0.1, -0.05) is 18.2 Å². The van der Waals surface area contributed by atoms with Crippen LogP contribution in [0.5, 0.6) is 11.5 Å². The van der Waals surface area contributed by atoms with Crippen molar-refractivity contribution in [3.05, 3.63) is 54.1 Å². The van der Waals surface area contributed by atoms with E-state index < -0.39 is 5.97 Å². The molecule has 1 amide bonds. The monoisotopic (exact) mass is 462 g/mol. The van der Waals surface area contributed by atoms with Crippen LogP contribution in [-0.4, -0.2) is 54.7 Å². The summed E-state index contributed by atoms with van der Waals surface area (Å²) < 4.78 is 16.3. The lowest BCUT2D eigenvalue weighted by molar-refractivity contribution is -0.140. The Morgan fingerprint density at radius 1 is 0.971 bits per heavy atom. The largest absolute Gasteiger partial charge is 0.493 e. The van der Waals surface area contributed by atoms with Gasteiger partial charge in [-0.05, 0) is 63.4 Å². The molecule has 0 bridgehead atoms. The Balaban J connectivity index is 1.63. The molecule has 2 aromatic carbocycles. The van der Waals surface area contributed by atoms with E-state index in [2.05, 4.69) is 0 Å². The second-order valence-electron chi connectivity index (χ2n) is 8.65. The highest BCUT2D eigenvalue weighted by molar-refractivity contribution is 6.05. The van der Waals surface area contributed by atoms with Gasteiger partial charge in [0.1, 0.15) is 0 Å². The van der Waals surface area contributed by atoms with Crippen LogP contribution in [0.25, 0.3) is 22.2 Å². The maximum Gasteiger partial charge on any atom is 0.339 e. The fraction of sp³-hybridized carbons (Fsp3) is 0.370. The third kappa shape index (κ3) is 4.69. The number of hydrogen-bond donors (Lipinski definition) is 0. The van der Waals surface area contributed by atoms with E-state index in [4.69, 9.17) is 19.2 Å². The fourth-order valence-electron chi connectivity index (χ4n) is 4.68. The Morgan fingerprint density at radius 3 is 2.38 bits per heavy atom. The molecule has 7 nitrogen and oxygen atoms in total. The first-order valence-electron chi connectivity index (χ1n) is 11.5. The van der Waals surface area contributed by atoms with Crippen LogP contribution in [0.2, 0.25) is 0 Å². The molecule has 4 rings (SSSR count). The third-order valence-electron chi connectivity index (χ3n) is 6.42. The number of para-hydroxylation sites is 1. The number of piperidine rings is 1. The van der Waals surface area contributed by atoms with E-state index in [1.165, 1.54) is 0 Å². The number of likely N-dealkylation sites (tertiary alicyclic amines) is 1. The number of fused-ring (bicyclic) bond motifs is 1. The average molecular weight is 463 g/mol. The van der Waals surface area contributed by atoms with Crippen molar-refractivity contribution in [1.29, 1.82) is 0 Å². The molecule has 0 radical (unpaired) electrons. The minimum Gasteiger partial charge on any atom is -0.493 e. The summed E-state index contributed by atoms with van der Waals surface area (Å²) in [5.74, 6) is 0.457. The Morgan fingerprint density at radius 2 is 1.68 bits per heavy atom. The van der Waals surface area contributed by atoms with Crippen LogP contribution < -0.4 is 9.47 Å². The summed E-state index contributed by atoms with van der Waals surface area (Å²) in [6.45, 7) is 3.80. The Kier molecular flexibility index (Phi) is 7.01. The van der Waals surface area contributed by atoms with Crippen molar-refractivity contribution in [2.45, 2.75) is 45.2 Å². The van der Waals surface area contributed by atoms with E-state index in [9.17, 15) is 9.59 Å². The van der Waals surface area contributed by atoms with Crippen molar-refractivity contribution >= 4 is 22.8 Å². The van der Waals surface area contributed by atoms with Gasteiger partial charge in [0.2, 0.25) is 0 Å². The molecule has 7 heteroatoms. The van der Waals surface area contributed by atoms with E-state index in [-0.39, 0.29) is 24.6 Å². The van der Waals surface area contributed by atoms with Gasteiger partial charge in [0, 0.05) is 23.0 Å². The number of esters is 1. The summed E-state index contributed by atoms with van der Waals surface area (Å²) in [6.07, 6.45) is 3.04. The van der Waals surface area contributed by atoms with Gasteiger partial charge < -0.3 is 19.1 Å². The Hall–Kier alpha value is -3.61. The molecule has 2 heterocycles. The highest BCUT2D eigenvalue weighted by atomic mass is 16.5. The molecule has 0 spiro atoms. The van der Waals surface area contributed by atoms with Crippen LogP contribution in [0.1, 0.15) is 43.5 Å². The zero-order valence-electron chi connectivity index (χ0n) is 20.0. The number of methoxy groups -OCH3 is 2. The van der Waals surface area contributed by atoms with Crippen molar-refractivity contribution < 1.29 is 23.8 Å². The molecule has 1 aromatic heterocycles. The van der Waals surface area contributed by atoms with Crippen molar-refractivity contribution in [3.63, 3.8) is 0 Å². The number of ether oxygens (including phenoxy) is 3. The van der Waals surface area contributed by atoms with Gasteiger partial charge in [-0.2, -0.15) is 0 Å². The quantitative estimate of drug-likeness (QED) is 0.487. The van der Waals surface area contributed by atoms with Crippen LogP contribution in [0.15, 0.2) is 48.5 Å². The summed E-state index contributed by atoms with van der Waals surface area (Å²) in [6, 6.07) is 14.8. The highest BCUT2D eigenvalue weighted by Gasteiger charge is 2.29.